The van der Waals surface area contributed by atoms with Gasteiger partial charge in [0.15, 0.2) is 6.10 Å². The van der Waals surface area contributed by atoms with Crippen LogP contribution in [0.15, 0.2) is 58.3 Å². The van der Waals surface area contributed by atoms with Crippen molar-refractivity contribution in [2.75, 3.05) is 18.4 Å². The molecule has 184 valence electrons. The van der Waals surface area contributed by atoms with Gasteiger partial charge in [-0.3, -0.25) is 4.79 Å². The first-order chi connectivity index (χ1) is 16.0. The van der Waals surface area contributed by atoms with Gasteiger partial charge in [0.25, 0.3) is 5.91 Å². The molecular weight excluding hydrogens is 482 g/mol. The maximum Gasteiger partial charge on any atom is 0.338 e. The Labute approximate surface area is 199 Å². The van der Waals surface area contributed by atoms with Crippen molar-refractivity contribution >= 4 is 37.6 Å². The zero-order chi connectivity index (χ0) is 24.9. The zero-order valence-electron chi connectivity index (χ0n) is 18.6. The summed E-state index contributed by atoms with van der Waals surface area (Å²) in [6, 6.07) is 10.7. The second-order valence-electron chi connectivity index (χ2n) is 7.95. The largest absolute Gasteiger partial charge is 0.449 e. The third kappa shape index (κ3) is 6.41. The number of hydrogen-bond acceptors (Lipinski definition) is 7. The molecule has 0 radical (unpaired) electrons. The molecule has 3 N–H and O–H groups in total. The topological polar surface area (TPSA) is 153 Å². The zero-order valence-corrected chi connectivity index (χ0v) is 20.3. The van der Waals surface area contributed by atoms with Crippen LogP contribution < -0.4 is 10.5 Å². The molecule has 1 fully saturated rings. The van der Waals surface area contributed by atoms with Crippen molar-refractivity contribution < 1.29 is 31.2 Å². The number of anilines is 1. The van der Waals surface area contributed by atoms with Gasteiger partial charge in [-0.05, 0) is 62.2 Å². The second kappa shape index (κ2) is 10.6. The third-order valence-electron chi connectivity index (χ3n) is 5.38. The molecule has 3 rings (SSSR count). The summed E-state index contributed by atoms with van der Waals surface area (Å²) < 4.78 is 55.3. The Morgan fingerprint density at radius 2 is 1.56 bits per heavy atom. The van der Waals surface area contributed by atoms with Gasteiger partial charge in [0, 0.05) is 18.8 Å². The van der Waals surface area contributed by atoms with E-state index in [0.29, 0.717) is 13.1 Å². The fourth-order valence-corrected chi connectivity index (χ4v) is 5.55. The van der Waals surface area contributed by atoms with Crippen molar-refractivity contribution in [2.24, 2.45) is 5.14 Å². The molecule has 1 aliphatic heterocycles. The Balaban J connectivity index is 1.66. The van der Waals surface area contributed by atoms with Crippen molar-refractivity contribution in [1.82, 2.24) is 4.31 Å². The van der Waals surface area contributed by atoms with Crippen LogP contribution in [0.5, 0.6) is 0 Å². The number of carbonyl (C=O) groups is 2. The normalized spacial score (nSPS) is 16.3. The lowest BCUT2D eigenvalue weighted by Crippen LogP contribution is -2.32. The van der Waals surface area contributed by atoms with Gasteiger partial charge in [0.05, 0.1) is 15.4 Å². The summed E-state index contributed by atoms with van der Waals surface area (Å²) in [7, 11) is -7.61. The molecule has 1 amide bonds. The van der Waals surface area contributed by atoms with Crippen LogP contribution in [-0.4, -0.2) is 52.2 Å². The van der Waals surface area contributed by atoms with E-state index in [9.17, 15) is 26.4 Å². The number of nitrogens with zero attached hydrogens (tertiary/aromatic N) is 1. The van der Waals surface area contributed by atoms with Crippen molar-refractivity contribution in [1.29, 1.82) is 0 Å². The first-order valence-corrected chi connectivity index (χ1v) is 13.7. The highest BCUT2D eigenvalue weighted by Gasteiger charge is 2.27. The molecule has 1 heterocycles. The summed E-state index contributed by atoms with van der Waals surface area (Å²) in [6.07, 6.45) is 2.34. The Morgan fingerprint density at radius 1 is 0.941 bits per heavy atom. The van der Waals surface area contributed by atoms with Crippen molar-refractivity contribution in [3.8, 4) is 0 Å². The standard InChI is InChI=1S/C22H27N3O7S2/c1-16(21(26)24-18-9-11-19(12-10-18)33(23,28)29)32-22(27)17-7-6-8-20(15-17)34(30,31)25-13-4-2-3-5-14-25/h6-12,15-16H,2-5,13-14H2,1H3,(H,24,26)(H2,23,28,29)/t16-/m0/s1. The summed E-state index contributed by atoms with van der Waals surface area (Å²) in [5, 5.41) is 7.55. The minimum Gasteiger partial charge on any atom is -0.449 e. The molecule has 1 atom stereocenters. The monoisotopic (exact) mass is 509 g/mol. The maximum absolute atomic E-state index is 13.0. The van der Waals surface area contributed by atoms with Crippen molar-refractivity contribution in [2.45, 2.75) is 48.5 Å². The predicted octanol–water partition coefficient (Wildman–Crippen LogP) is 2.08. The molecule has 0 aliphatic carbocycles. The van der Waals surface area contributed by atoms with E-state index in [2.05, 4.69) is 5.32 Å². The van der Waals surface area contributed by atoms with E-state index in [4.69, 9.17) is 9.88 Å². The number of nitrogens with one attached hydrogen (secondary N) is 1. The molecule has 1 aliphatic rings. The van der Waals surface area contributed by atoms with Crippen LogP contribution in [0.25, 0.3) is 0 Å². The van der Waals surface area contributed by atoms with Gasteiger partial charge in [0.1, 0.15) is 0 Å². The molecule has 0 aromatic heterocycles. The molecule has 10 nitrogen and oxygen atoms in total. The number of hydrogen-bond donors (Lipinski definition) is 2. The van der Waals surface area contributed by atoms with Gasteiger partial charge < -0.3 is 10.1 Å². The minimum absolute atomic E-state index is 0.00380. The van der Waals surface area contributed by atoms with Gasteiger partial charge >= 0.3 is 5.97 Å². The van der Waals surface area contributed by atoms with Crippen LogP contribution >= 0.6 is 0 Å². The maximum atomic E-state index is 13.0. The molecule has 1 saturated heterocycles. The van der Waals surface area contributed by atoms with Crippen LogP contribution in [0.4, 0.5) is 5.69 Å². The lowest BCUT2D eigenvalue weighted by molar-refractivity contribution is -0.123. The van der Waals surface area contributed by atoms with Gasteiger partial charge in [0.2, 0.25) is 20.0 Å². The van der Waals surface area contributed by atoms with E-state index in [0.717, 1.165) is 25.7 Å². The number of ether oxygens (including phenoxy) is 1. The summed E-state index contributed by atoms with van der Waals surface area (Å²) >= 11 is 0. The van der Waals surface area contributed by atoms with Gasteiger partial charge in [-0.1, -0.05) is 18.9 Å². The smallest absolute Gasteiger partial charge is 0.338 e. The number of esters is 1. The molecule has 2 aromatic carbocycles. The van der Waals surface area contributed by atoms with E-state index >= 15 is 0 Å². The Bertz CT molecular complexity index is 1250. The van der Waals surface area contributed by atoms with Crippen LogP contribution in [-0.2, 0) is 29.6 Å². The molecular formula is C22H27N3O7S2. The number of nitrogens with two attached hydrogens (primary N) is 1. The summed E-state index contributed by atoms with van der Waals surface area (Å²) in [5.74, 6) is -1.50. The average molecular weight is 510 g/mol. The Hall–Kier alpha value is -2.80. The summed E-state index contributed by atoms with van der Waals surface area (Å²) in [6.45, 7) is 2.24. The van der Waals surface area contributed by atoms with Crippen LogP contribution in [0.3, 0.4) is 0 Å². The number of rotatable bonds is 7. The lowest BCUT2D eigenvalue weighted by atomic mass is 10.2. The molecule has 2 aromatic rings. The second-order valence-corrected chi connectivity index (χ2v) is 11.5. The van der Waals surface area contributed by atoms with Gasteiger partial charge in [-0.25, -0.2) is 26.8 Å². The average Bonchev–Trinajstić information content (AvgIpc) is 3.09. The summed E-state index contributed by atoms with van der Waals surface area (Å²) in [4.78, 5) is 24.9. The SMILES string of the molecule is C[C@H](OC(=O)c1cccc(S(=O)(=O)N2CCCCCC2)c1)C(=O)Nc1ccc(S(N)(=O)=O)cc1. The van der Waals surface area contributed by atoms with Gasteiger partial charge in [-0.2, -0.15) is 4.31 Å². The van der Waals surface area contributed by atoms with Crippen molar-refractivity contribution in [3.05, 3.63) is 54.1 Å². The first-order valence-electron chi connectivity index (χ1n) is 10.7. The van der Waals surface area contributed by atoms with E-state index in [-0.39, 0.29) is 21.0 Å². The van der Waals surface area contributed by atoms with Crippen LogP contribution in [0, 0.1) is 0 Å². The molecule has 34 heavy (non-hydrogen) atoms. The molecule has 0 unspecified atom stereocenters. The number of primary sulfonamides is 1. The predicted molar refractivity (Wildman–Crippen MR) is 125 cm³/mol. The lowest BCUT2D eigenvalue weighted by Gasteiger charge is -2.20. The van der Waals surface area contributed by atoms with Crippen LogP contribution in [0.2, 0.25) is 0 Å². The van der Waals surface area contributed by atoms with Crippen molar-refractivity contribution in [3.63, 3.8) is 0 Å². The van der Waals surface area contributed by atoms with Gasteiger partial charge in [-0.15, -0.1) is 0 Å². The highest BCUT2D eigenvalue weighted by Crippen LogP contribution is 2.22. The Kier molecular flexibility index (Phi) is 8.08. The highest BCUT2D eigenvalue weighted by atomic mass is 32.2. The van der Waals surface area contributed by atoms with E-state index in [1.54, 1.807) is 0 Å². The third-order valence-corrected chi connectivity index (χ3v) is 8.20. The quantitative estimate of drug-likeness (QED) is 0.542. The first kappa shape index (κ1) is 25.8. The molecule has 12 heteroatoms. The van der Waals surface area contributed by atoms with E-state index in [1.807, 2.05) is 0 Å². The molecule has 0 spiro atoms. The number of sulfonamides is 2. The minimum atomic E-state index is -3.86. The molecule has 0 bridgehead atoms. The number of carbonyl (C=O) groups excluding carboxylic acids is 2. The number of benzene rings is 2. The van der Waals surface area contributed by atoms with E-state index < -0.39 is 38.0 Å². The van der Waals surface area contributed by atoms with E-state index in [1.165, 1.54) is 59.8 Å². The summed E-state index contributed by atoms with van der Waals surface area (Å²) in [5.41, 5.74) is 0.291. The van der Waals surface area contributed by atoms with Crippen LogP contribution in [0.1, 0.15) is 43.0 Å². The Morgan fingerprint density at radius 3 is 2.15 bits per heavy atom. The number of amides is 1. The fraction of sp³-hybridized carbons (Fsp3) is 0.364. The highest BCUT2D eigenvalue weighted by molar-refractivity contribution is 7.89. The molecule has 0 saturated carbocycles. The fourth-order valence-electron chi connectivity index (χ4n) is 3.47.